The first kappa shape index (κ1) is 18.1. The Morgan fingerprint density at radius 3 is 2.62 bits per heavy atom. The molecular weight excluding hydrogens is 372 g/mol. The van der Waals surface area contributed by atoms with Crippen molar-refractivity contribution in [1.29, 1.82) is 0 Å². The molecule has 2 aromatic rings. The van der Waals surface area contributed by atoms with Gasteiger partial charge in [0.15, 0.2) is 0 Å². The van der Waals surface area contributed by atoms with Crippen LogP contribution in [0.3, 0.4) is 0 Å². The van der Waals surface area contributed by atoms with Gasteiger partial charge in [0.05, 0.1) is 20.8 Å². The van der Waals surface area contributed by atoms with Gasteiger partial charge in [0, 0.05) is 23.6 Å². The van der Waals surface area contributed by atoms with Gasteiger partial charge in [-0.2, -0.15) is 0 Å². The first-order chi connectivity index (χ1) is 11.5. The van der Waals surface area contributed by atoms with Crippen molar-refractivity contribution in [3.63, 3.8) is 0 Å². The summed E-state index contributed by atoms with van der Waals surface area (Å²) in [5, 5.41) is 2.91. The molecule has 24 heavy (non-hydrogen) atoms. The molecule has 6 heteroatoms. The predicted molar refractivity (Wildman–Crippen MR) is 97.4 cm³/mol. The predicted octanol–water partition coefficient (Wildman–Crippen LogP) is 3.81. The lowest BCUT2D eigenvalue weighted by Gasteiger charge is -2.20. The van der Waals surface area contributed by atoms with Crippen LogP contribution in [0.5, 0.6) is 11.5 Å². The largest absolute Gasteiger partial charge is 0.497 e. The Kier molecular flexibility index (Phi) is 6.49. The van der Waals surface area contributed by atoms with Crippen LogP contribution in [-0.2, 0) is 13.1 Å². The van der Waals surface area contributed by atoms with E-state index in [2.05, 4.69) is 21.2 Å². The Balaban J connectivity index is 1.98. The van der Waals surface area contributed by atoms with E-state index in [1.54, 1.807) is 26.2 Å². The number of methoxy groups -OCH3 is 2. The topological polar surface area (TPSA) is 50.8 Å². The summed E-state index contributed by atoms with van der Waals surface area (Å²) in [6.07, 6.45) is 0. The molecule has 128 valence electrons. The van der Waals surface area contributed by atoms with Crippen LogP contribution >= 0.6 is 15.9 Å². The normalized spacial score (nSPS) is 10.2. The molecule has 0 radical (unpaired) electrons. The lowest BCUT2D eigenvalue weighted by atomic mass is 10.2. The Hall–Kier alpha value is -2.21. The van der Waals surface area contributed by atoms with Gasteiger partial charge in [-0.25, -0.2) is 4.79 Å². The highest BCUT2D eigenvalue weighted by atomic mass is 79.9. The van der Waals surface area contributed by atoms with E-state index in [4.69, 9.17) is 9.47 Å². The molecule has 0 saturated heterocycles. The zero-order valence-electron chi connectivity index (χ0n) is 14.0. The minimum Gasteiger partial charge on any atom is -0.497 e. The van der Waals surface area contributed by atoms with Crippen LogP contribution in [-0.4, -0.2) is 32.2 Å². The van der Waals surface area contributed by atoms with Crippen molar-refractivity contribution < 1.29 is 14.3 Å². The SMILES string of the molecule is COc1ccc(OC)c(CN(C)C(=O)NCc2cccc(Br)c2)c1. The van der Waals surface area contributed by atoms with E-state index in [0.29, 0.717) is 13.1 Å². The number of nitrogens with one attached hydrogen (secondary N) is 1. The number of ether oxygens (including phenoxy) is 2. The number of hydrogen-bond donors (Lipinski definition) is 1. The zero-order valence-corrected chi connectivity index (χ0v) is 15.6. The highest BCUT2D eigenvalue weighted by molar-refractivity contribution is 9.10. The summed E-state index contributed by atoms with van der Waals surface area (Å²) in [6.45, 7) is 0.891. The van der Waals surface area contributed by atoms with E-state index >= 15 is 0 Å². The molecule has 2 rings (SSSR count). The van der Waals surface area contributed by atoms with Gasteiger partial charge in [0.25, 0.3) is 0 Å². The standard InChI is InChI=1S/C18H21BrN2O3/c1-21(12-14-10-16(23-2)7-8-17(14)24-3)18(22)20-11-13-5-4-6-15(19)9-13/h4-10H,11-12H2,1-3H3,(H,20,22). The lowest BCUT2D eigenvalue weighted by Crippen LogP contribution is -2.36. The van der Waals surface area contributed by atoms with Gasteiger partial charge in [0.1, 0.15) is 11.5 Å². The molecule has 0 spiro atoms. The van der Waals surface area contributed by atoms with Crippen molar-refractivity contribution in [1.82, 2.24) is 10.2 Å². The molecule has 2 amide bonds. The van der Waals surface area contributed by atoms with Crippen molar-refractivity contribution >= 4 is 22.0 Å². The Morgan fingerprint density at radius 1 is 1.17 bits per heavy atom. The summed E-state index contributed by atoms with van der Waals surface area (Å²) in [7, 11) is 4.97. The maximum Gasteiger partial charge on any atom is 0.317 e. The summed E-state index contributed by atoms with van der Waals surface area (Å²) in [5.74, 6) is 1.45. The Bertz CT molecular complexity index is 706. The van der Waals surface area contributed by atoms with E-state index in [1.807, 2.05) is 42.5 Å². The Morgan fingerprint density at radius 2 is 1.96 bits per heavy atom. The van der Waals surface area contributed by atoms with Gasteiger partial charge >= 0.3 is 6.03 Å². The average molecular weight is 393 g/mol. The fraction of sp³-hybridized carbons (Fsp3) is 0.278. The fourth-order valence-electron chi connectivity index (χ4n) is 2.29. The molecule has 0 aliphatic rings. The van der Waals surface area contributed by atoms with Crippen LogP contribution in [0.15, 0.2) is 46.9 Å². The maximum atomic E-state index is 12.3. The first-order valence-electron chi connectivity index (χ1n) is 7.47. The molecule has 0 aromatic heterocycles. The first-order valence-corrected chi connectivity index (χ1v) is 8.27. The monoisotopic (exact) mass is 392 g/mol. The smallest absolute Gasteiger partial charge is 0.317 e. The molecule has 0 bridgehead atoms. The molecule has 5 nitrogen and oxygen atoms in total. The number of carbonyl (C=O) groups excluding carboxylic acids is 1. The van der Waals surface area contributed by atoms with Crippen molar-refractivity contribution in [2.75, 3.05) is 21.3 Å². The highest BCUT2D eigenvalue weighted by Gasteiger charge is 2.13. The molecule has 2 aromatic carbocycles. The number of benzene rings is 2. The van der Waals surface area contributed by atoms with E-state index in [1.165, 1.54) is 0 Å². The second-order valence-corrected chi connectivity index (χ2v) is 6.24. The molecule has 0 heterocycles. The number of amides is 2. The molecule has 0 aliphatic carbocycles. The number of hydrogen-bond acceptors (Lipinski definition) is 3. The average Bonchev–Trinajstić information content (AvgIpc) is 2.59. The summed E-state index contributed by atoms with van der Waals surface area (Å²) in [4.78, 5) is 13.9. The third kappa shape index (κ3) is 4.89. The lowest BCUT2D eigenvalue weighted by molar-refractivity contribution is 0.206. The van der Waals surface area contributed by atoms with Gasteiger partial charge in [-0.05, 0) is 35.9 Å². The van der Waals surface area contributed by atoms with Crippen molar-refractivity contribution in [3.8, 4) is 11.5 Å². The van der Waals surface area contributed by atoms with Gasteiger partial charge < -0.3 is 19.7 Å². The van der Waals surface area contributed by atoms with Crippen molar-refractivity contribution in [3.05, 3.63) is 58.1 Å². The molecule has 0 saturated carbocycles. The molecule has 1 N–H and O–H groups in total. The second-order valence-electron chi connectivity index (χ2n) is 5.32. The zero-order chi connectivity index (χ0) is 17.5. The van der Waals surface area contributed by atoms with Crippen LogP contribution in [0.25, 0.3) is 0 Å². The number of urea groups is 1. The maximum absolute atomic E-state index is 12.3. The Labute approximate surface area is 150 Å². The molecule has 0 unspecified atom stereocenters. The van der Waals surface area contributed by atoms with Gasteiger partial charge in [-0.1, -0.05) is 28.1 Å². The minimum atomic E-state index is -0.153. The quantitative estimate of drug-likeness (QED) is 0.812. The van der Waals surface area contributed by atoms with Crippen molar-refractivity contribution in [2.45, 2.75) is 13.1 Å². The summed E-state index contributed by atoms with van der Waals surface area (Å²) < 4.78 is 11.6. The van der Waals surface area contributed by atoms with Crippen LogP contribution < -0.4 is 14.8 Å². The van der Waals surface area contributed by atoms with Gasteiger partial charge in [-0.3, -0.25) is 0 Å². The van der Waals surface area contributed by atoms with E-state index in [0.717, 1.165) is 27.1 Å². The summed E-state index contributed by atoms with van der Waals surface area (Å²) >= 11 is 3.42. The third-order valence-electron chi connectivity index (χ3n) is 3.57. The van der Waals surface area contributed by atoms with Gasteiger partial charge in [-0.15, -0.1) is 0 Å². The number of halogens is 1. The number of rotatable bonds is 6. The van der Waals surface area contributed by atoms with E-state index < -0.39 is 0 Å². The van der Waals surface area contributed by atoms with Crippen LogP contribution in [0.2, 0.25) is 0 Å². The van der Waals surface area contributed by atoms with Crippen LogP contribution in [0.4, 0.5) is 4.79 Å². The summed E-state index contributed by atoms with van der Waals surface area (Å²) in [6, 6.07) is 13.2. The molecule has 0 aliphatic heterocycles. The minimum absolute atomic E-state index is 0.153. The molecule has 0 fully saturated rings. The van der Waals surface area contributed by atoms with E-state index in [-0.39, 0.29) is 6.03 Å². The third-order valence-corrected chi connectivity index (χ3v) is 4.07. The second kappa shape index (κ2) is 8.59. The van der Waals surface area contributed by atoms with Crippen molar-refractivity contribution in [2.24, 2.45) is 0 Å². The number of carbonyl (C=O) groups is 1. The summed E-state index contributed by atoms with van der Waals surface area (Å²) in [5.41, 5.74) is 1.92. The molecule has 0 atom stereocenters. The fourth-order valence-corrected chi connectivity index (χ4v) is 2.74. The van der Waals surface area contributed by atoms with Crippen LogP contribution in [0.1, 0.15) is 11.1 Å². The van der Waals surface area contributed by atoms with Gasteiger partial charge in [0.2, 0.25) is 0 Å². The molecular formula is C18H21BrN2O3. The highest BCUT2D eigenvalue weighted by Crippen LogP contribution is 2.25. The number of nitrogens with zero attached hydrogens (tertiary/aromatic N) is 1. The van der Waals surface area contributed by atoms with Crippen LogP contribution in [0, 0.1) is 0 Å². The van der Waals surface area contributed by atoms with E-state index in [9.17, 15) is 4.79 Å².